The van der Waals surface area contributed by atoms with E-state index in [2.05, 4.69) is 38.1 Å². The monoisotopic (exact) mass is 485 g/mol. The highest BCUT2D eigenvalue weighted by atomic mass is 16.6. The van der Waals surface area contributed by atoms with Crippen molar-refractivity contribution in [3.8, 4) is 0 Å². The Morgan fingerprint density at radius 2 is 1.94 bits per heavy atom. The van der Waals surface area contributed by atoms with Crippen LogP contribution >= 0.6 is 0 Å². The number of alkyl carbamates (subject to hydrolysis) is 1. The second kappa shape index (κ2) is 11.3. The van der Waals surface area contributed by atoms with Gasteiger partial charge in [-0.3, -0.25) is 4.79 Å². The molecular weight excluding hydrogens is 450 g/mol. The molecule has 0 aromatic carbocycles. The van der Waals surface area contributed by atoms with E-state index in [1.807, 2.05) is 19.1 Å². The van der Waals surface area contributed by atoms with Crippen LogP contribution in [0, 0.1) is 6.92 Å². The minimum absolute atomic E-state index is 0.00584. The molecule has 3 rings (SSSR count). The summed E-state index contributed by atoms with van der Waals surface area (Å²) in [6.45, 7) is 10.3. The summed E-state index contributed by atoms with van der Waals surface area (Å²) in [5.74, 6) is 0.302. The van der Waals surface area contributed by atoms with Crippen molar-refractivity contribution in [1.29, 1.82) is 0 Å². The standard InChI is InChI=1S/C24H35N7O4/c1-6-7-15-10-14(2)11-19(26-15)28-17-12-20(30-31-21(17)22(25)32)27-16-8-9-34-13-18(16)29-23(33)35-24(3,4)5/h10-12,16,18H,6-9,13H2,1-5H3,(H2,25,32)(H,29,33)(H2,26,27,28,30). The number of nitrogens with zero attached hydrogens (tertiary/aromatic N) is 3. The lowest BCUT2D eigenvalue weighted by Gasteiger charge is -2.33. The molecule has 5 N–H and O–H groups in total. The minimum Gasteiger partial charge on any atom is -0.444 e. The van der Waals surface area contributed by atoms with Gasteiger partial charge in [0, 0.05) is 18.4 Å². The number of ether oxygens (including phenoxy) is 2. The molecule has 1 aliphatic heterocycles. The van der Waals surface area contributed by atoms with E-state index in [0.717, 1.165) is 24.1 Å². The maximum atomic E-state index is 12.3. The topological polar surface area (TPSA) is 153 Å². The Morgan fingerprint density at radius 3 is 2.63 bits per heavy atom. The maximum absolute atomic E-state index is 12.3. The van der Waals surface area contributed by atoms with Gasteiger partial charge in [0.2, 0.25) is 0 Å². The number of aryl methyl sites for hydroxylation is 2. The Kier molecular flexibility index (Phi) is 8.44. The second-order valence-corrected chi connectivity index (χ2v) is 9.62. The fourth-order valence-corrected chi connectivity index (χ4v) is 3.77. The van der Waals surface area contributed by atoms with Crippen molar-refractivity contribution in [2.45, 2.75) is 71.6 Å². The van der Waals surface area contributed by atoms with Crippen LogP contribution in [-0.2, 0) is 15.9 Å². The van der Waals surface area contributed by atoms with Crippen molar-refractivity contribution in [3.05, 3.63) is 35.2 Å². The van der Waals surface area contributed by atoms with Crippen LogP contribution in [0.1, 0.15) is 62.3 Å². The molecule has 2 aromatic heterocycles. The highest BCUT2D eigenvalue weighted by Crippen LogP contribution is 2.23. The zero-order valence-electron chi connectivity index (χ0n) is 21.0. The molecule has 1 fully saturated rings. The lowest BCUT2D eigenvalue weighted by Crippen LogP contribution is -2.53. The van der Waals surface area contributed by atoms with E-state index in [9.17, 15) is 9.59 Å². The van der Waals surface area contributed by atoms with Gasteiger partial charge in [0.25, 0.3) is 5.91 Å². The third-order valence-corrected chi connectivity index (χ3v) is 5.21. The van der Waals surface area contributed by atoms with Gasteiger partial charge in [0.15, 0.2) is 11.5 Å². The van der Waals surface area contributed by atoms with Crippen LogP contribution in [0.5, 0.6) is 0 Å². The quantitative estimate of drug-likeness (QED) is 0.442. The number of pyridine rings is 1. The zero-order valence-corrected chi connectivity index (χ0v) is 21.0. The zero-order chi connectivity index (χ0) is 25.6. The van der Waals surface area contributed by atoms with Crippen molar-refractivity contribution in [2.75, 3.05) is 23.8 Å². The summed E-state index contributed by atoms with van der Waals surface area (Å²) in [5, 5.41) is 17.5. The van der Waals surface area contributed by atoms with Crippen molar-refractivity contribution in [2.24, 2.45) is 5.73 Å². The van der Waals surface area contributed by atoms with Gasteiger partial charge in [-0.15, -0.1) is 10.2 Å². The van der Waals surface area contributed by atoms with Gasteiger partial charge in [0.05, 0.1) is 24.4 Å². The number of nitrogens with one attached hydrogen (secondary N) is 3. The molecule has 0 saturated carbocycles. The maximum Gasteiger partial charge on any atom is 0.408 e. The highest BCUT2D eigenvalue weighted by molar-refractivity contribution is 5.97. The fourth-order valence-electron chi connectivity index (χ4n) is 3.77. The molecule has 0 radical (unpaired) electrons. The van der Waals surface area contributed by atoms with E-state index in [4.69, 9.17) is 15.2 Å². The summed E-state index contributed by atoms with van der Waals surface area (Å²) in [4.78, 5) is 28.9. The Hall–Kier alpha value is -3.47. The summed E-state index contributed by atoms with van der Waals surface area (Å²) in [6.07, 6.45) is 1.92. The Morgan fingerprint density at radius 1 is 1.17 bits per heavy atom. The molecule has 11 nitrogen and oxygen atoms in total. The number of aromatic nitrogens is 3. The van der Waals surface area contributed by atoms with Crippen LogP contribution in [0.25, 0.3) is 0 Å². The largest absolute Gasteiger partial charge is 0.444 e. The van der Waals surface area contributed by atoms with Gasteiger partial charge in [0.1, 0.15) is 11.4 Å². The molecule has 1 saturated heterocycles. The Balaban J connectivity index is 1.80. The van der Waals surface area contributed by atoms with Crippen LogP contribution in [0.2, 0.25) is 0 Å². The molecule has 3 heterocycles. The number of hydrogen-bond donors (Lipinski definition) is 4. The predicted octanol–water partition coefficient (Wildman–Crippen LogP) is 3.07. The normalized spacial score (nSPS) is 18.0. The van der Waals surface area contributed by atoms with Gasteiger partial charge < -0.3 is 31.2 Å². The average molecular weight is 486 g/mol. The molecule has 0 aliphatic carbocycles. The molecule has 1 aliphatic rings. The van der Waals surface area contributed by atoms with E-state index in [1.165, 1.54) is 0 Å². The first-order chi connectivity index (χ1) is 16.5. The number of primary amides is 1. The number of carbonyl (C=O) groups excluding carboxylic acids is 2. The molecule has 0 spiro atoms. The Labute approximate surface area is 205 Å². The Bertz CT molecular complexity index is 1050. The van der Waals surface area contributed by atoms with Crippen LogP contribution in [0.3, 0.4) is 0 Å². The van der Waals surface area contributed by atoms with Gasteiger partial charge in [-0.25, -0.2) is 9.78 Å². The van der Waals surface area contributed by atoms with Crippen molar-refractivity contribution in [3.63, 3.8) is 0 Å². The fraction of sp³-hybridized carbons (Fsp3) is 0.542. The van der Waals surface area contributed by atoms with Crippen LogP contribution in [0.4, 0.5) is 22.1 Å². The first-order valence-electron chi connectivity index (χ1n) is 11.8. The number of carbonyl (C=O) groups is 2. The summed E-state index contributed by atoms with van der Waals surface area (Å²) in [6, 6.07) is 5.05. The van der Waals surface area contributed by atoms with E-state index >= 15 is 0 Å². The SMILES string of the molecule is CCCc1cc(C)cc(Nc2cc(NC3CCOCC3NC(=O)OC(C)(C)C)nnc2C(N)=O)n1. The minimum atomic E-state index is -0.705. The number of amides is 2. The molecule has 190 valence electrons. The van der Waals surface area contributed by atoms with Gasteiger partial charge >= 0.3 is 6.09 Å². The molecule has 11 heteroatoms. The van der Waals surface area contributed by atoms with Gasteiger partial charge in [-0.1, -0.05) is 13.3 Å². The van der Waals surface area contributed by atoms with Crippen molar-refractivity contribution < 1.29 is 19.1 Å². The van der Waals surface area contributed by atoms with Crippen LogP contribution < -0.4 is 21.7 Å². The lowest BCUT2D eigenvalue weighted by atomic mass is 10.0. The van der Waals surface area contributed by atoms with E-state index in [0.29, 0.717) is 37.0 Å². The van der Waals surface area contributed by atoms with E-state index < -0.39 is 17.6 Å². The summed E-state index contributed by atoms with van der Waals surface area (Å²) in [5.41, 5.74) is 7.32. The van der Waals surface area contributed by atoms with E-state index in [1.54, 1.807) is 26.8 Å². The highest BCUT2D eigenvalue weighted by Gasteiger charge is 2.29. The van der Waals surface area contributed by atoms with Crippen LogP contribution in [-0.4, -0.2) is 58.1 Å². The smallest absolute Gasteiger partial charge is 0.408 e. The number of rotatable bonds is 8. The van der Waals surface area contributed by atoms with Gasteiger partial charge in [-0.05, 0) is 58.2 Å². The molecule has 2 atom stereocenters. The summed E-state index contributed by atoms with van der Waals surface area (Å²) >= 11 is 0. The van der Waals surface area contributed by atoms with Crippen molar-refractivity contribution >= 4 is 29.3 Å². The average Bonchev–Trinajstić information content (AvgIpc) is 2.73. The number of anilines is 3. The first-order valence-corrected chi connectivity index (χ1v) is 11.8. The third kappa shape index (κ3) is 7.78. The molecule has 0 bridgehead atoms. The molecule has 2 unspecified atom stereocenters. The molecular formula is C24H35N7O4. The van der Waals surface area contributed by atoms with Crippen LogP contribution in [0.15, 0.2) is 18.2 Å². The number of nitrogens with two attached hydrogens (primary N) is 1. The van der Waals surface area contributed by atoms with E-state index in [-0.39, 0.29) is 17.8 Å². The summed E-state index contributed by atoms with van der Waals surface area (Å²) in [7, 11) is 0. The third-order valence-electron chi connectivity index (χ3n) is 5.21. The molecule has 35 heavy (non-hydrogen) atoms. The predicted molar refractivity (Wildman–Crippen MR) is 133 cm³/mol. The first kappa shape index (κ1) is 26.1. The van der Waals surface area contributed by atoms with Crippen molar-refractivity contribution in [1.82, 2.24) is 20.5 Å². The molecule has 2 aromatic rings. The second-order valence-electron chi connectivity index (χ2n) is 9.62. The summed E-state index contributed by atoms with van der Waals surface area (Å²) < 4.78 is 10.9. The van der Waals surface area contributed by atoms with Gasteiger partial charge in [-0.2, -0.15) is 0 Å². The lowest BCUT2D eigenvalue weighted by molar-refractivity contribution is 0.0317. The molecule has 2 amide bonds. The number of hydrogen-bond acceptors (Lipinski definition) is 9.